The number of aliphatic carboxylic acids is 2. The van der Waals surface area contributed by atoms with Crippen molar-refractivity contribution in [2.75, 3.05) is 58.8 Å². The van der Waals surface area contributed by atoms with E-state index in [0.29, 0.717) is 69.7 Å². The maximum atomic E-state index is 15.9. The smallest absolute Gasteiger partial charge is 0.305 e. The molecule has 10 rings (SSSR count). The Bertz CT molecular complexity index is 5570. The number of imidazole rings is 1. The van der Waals surface area contributed by atoms with Crippen molar-refractivity contribution in [3.8, 4) is 5.75 Å². The van der Waals surface area contributed by atoms with Crippen LogP contribution in [0.5, 0.6) is 5.75 Å². The van der Waals surface area contributed by atoms with E-state index in [-0.39, 0.29) is 95.3 Å². The second-order valence-corrected chi connectivity index (χ2v) is 36.7. The Morgan fingerprint density at radius 1 is 0.547 bits per heavy atom. The van der Waals surface area contributed by atoms with E-state index in [1.807, 2.05) is 13.8 Å². The number of aromatic hydroxyl groups is 1. The second kappa shape index (κ2) is 50.8. The molecule has 3 aromatic heterocycles. The average Bonchev–Trinajstić information content (AvgIpc) is 1.65. The molecule has 0 spiro atoms. The number of likely N-dealkylation sites (N-methyl/N-ethyl adjacent to an activating group) is 3. The summed E-state index contributed by atoms with van der Waals surface area (Å²) in [6.45, 7) is 4.85. The van der Waals surface area contributed by atoms with Gasteiger partial charge in [0.05, 0.1) is 36.8 Å². The van der Waals surface area contributed by atoms with E-state index in [1.54, 1.807) is 60.9 Å². The predicted octanol–water partition coefficient (Wildman–Crippen LogP) is 1.33. The van der Waals surface area contributed by atoms with Gasteiger partial charge in [-0.1, -0.05) is 100 Å². The molecule has 19 N–H and O–H groups in total. The molecule has 748 valence electrons. The number of aromatic amines is 3. The van der Waals surface area contributed by atoms with Gasteiger partial charge in [0.25, 0.3) is 0 Å². The molecule has 7 aromatic rings. The third kappa shape index (κ3) is 29.5. The molecule has 15 amide bonds. The van der Waals surface area contributed by atoms with Gasteiger partial charge in [-0.2, -0.15) is 0 Å². The Morgan fingerprint density at radius 2 is 1.12 bits per heavy atom. The van der Waals surface area contributed by atoms with Crippen molar-refractivity contribution in [1.29, 1.82) is 0 Å². The van der Waals surface area contributed by atoms with Crippen LogP contribution in [0.15, 0.2) is 122 Å². The number of phenolic OH excluding ortho intramolecular Hbond substituents is 1. The van der Waals surface area contributed by atoms with Crippen LogP contribution in [-0.2, 0) is 118 Å². The molecule has 0 bridgehead atoms. The molecule has 0 radical (unpaired) electrons. The van der Waals surface area contributed by atoms with Gasteiger partial charge < -0.3 is 114 Å². The number of nitrogens with two attached hydrogens (primary N) is 2. The zero-order chi connectivity index (χ0) is 101. The molecule has 41 nitrogen and oxygen atoms in total. The Morgan fingerprint density at radius 3 is 1.75 bits per heavy atom. The summed E-state index contributed by atoms with van der Waals surface area (Å²) in [6, 6.07) is 4.98. The van der Waals surface area contributed by atoms with E-state index in [4.69, 9.17) is 11.5 Å². The highest BCUT2D eigenvalue weighted by atomic mass is 32.2. The Labute approximate surface area is 806 Å². The molecular formula is C96H125FN20O21S. The Hall–Kier alpha value is -14.1. The first-order valence-corrected chi connectivity index (χ1v) is 47.7. The molecule has 43 heteroatoms. The average molecular weight is 1950 g/mol. The van der Waals surface area contributed by atoms with Crippen LogP contribution in [0.1, 0.15) is 146 Å². The Balaban J connectivity index is 1.04. The number of benzene rings is 4. The van der Waals surface area contributed by atoms with Crippen LogP contribution < -0.4 is 59.3 Å². The van der Waals surface area contributed by atoms with Gasteiger partial charge >= 0.3 is 11.9 Å². The second-order valence-electron chi connectivity index (χ2n) is 35.6. The van der Waals surface area contributed by atoms with Crippen LogP contribution >= 0.6 is 11.8 Å². The molecular weight excluding hydrogens is 1820 g/mol. The first kappa shape index (κ1) is 107. The standard InChI is InChI=1S/C96H125FN20O21S/c1-8-10-21-75-90(132)105-53(3)84(126)112-74(87(129)103-48-80(99)120)50-139-51-81(121)106-71(38-56-26-30-63(118)31-27-56)92(134)113(5)54(4)85(127)110-73(44-83(124)125)95(137)116-36-16-23-76(116)91(133)109-70(43-62-47-100-52-104-62)89(131)108-69(32-33-82(122)123)94(136)117-49-57(37-55-24-28-61(97)29-25-55)39-78(117)79(119)42-58(40-59-45-101-66-19-14-12-17-64(59)66)86(128)107-68(34-35-98)88(130)111-72(41-60-46-102-67-20-15-13-18-65(60)67)93(135)115(7)77(22-11-9-2)96(138)114(75)6/h12-15,17-20,24-31,45-47,52-54,57-58,68-78,101-102,118H,8-11,16,21-23,32-44,48-51,98H2,1-7H3,(H2,99,120)(H,100,104)(H,103,129)(H,105,132)(H,106,121)(H,107,128)(H,108,131)(H,109,133)(H,110,127)(H,111,130)(H,112,126)(H,122,123)(H,124,125)/t53-,54-,57+,58+,68-,69-,70-,71-,72-,73-,74-,75-,76-,77-,78-/m0/s1. The largest absolute Gasteiger partial charge is 0.508 e. The number of unbranched alkanes of at least 4 members (excludes halogenated alkanes) is 2. The fourth-order valence-corrected chi connectivity index (χ4v) is 18.5. The summed E-state index contributed by atoms with van der Waals surface area (Å²) in [6.07, 6.45) is 3.30. The number of hydrogen-bond donors (Lipinski definition) is 17. The molecule has 6 heterocycles. The number of hydrogen-bond acceptors (Lipinski definition) is 22. The zero-order valence-electron chi connectivity index (χ0n) is 78.7. The van der Waals surface area contributed by atoms with Crippen molar-refractivity contribution in [3.63, 3.8) is 0 Å². The molecule has 0 aliphatic carbocycles. The molecule has 0 saturated carbocycles. The van der Waals surface area contributed by atoms with Crippen LogP contribution in [0.4, 0.5) is 4.39 Å². The minimum absolute atomic E-state index is 0.0221. The van der Waals surface area contributed by atoms with Crippen molar-refractivity contribution in [2.24, 2.45) is 23.3 Å². The number of Topliss-reactive ketones (excluding diaryl/α,β-unsaturated/α-hetero) is 1. The van der Waals surface area contributed by atoms with E-state index in [1.165, 1.54) is 111 Å². The number of thioether (sulfide) groups is 1. The predicted molar refractivity (Wildman–Crippen MR) is 508 cm³/mol. The zero-order valence-corrected chi connectivity index (χ0v) is 79.5. The molecule has 3 saturated heterocycles. The van der Waals surface area contributed by atoms with Crippen LogP contribution in [0.2, 0.25) is 0 Å². The summed E-state index contributed by atoms with van der Waals surface area (Å²) in [7, 11) is 3.92. The van der Waals surface area contributed by atoms with Gasteiger partial charge in [-0.25, -0.2) is 9.37 Å². The monoisotopic (exact) mass is 1940 g/mol. The van der Waals surface area contributed by atoms with Gasteiger partial charge in [0.2, 0.25) is 88.6 Å². The lowest BCUT2D eigenvalue weighted by Crippen LogP contribution is -2.60. The molecule has 3 fully saturated rings. The number of nitrogens with one attached hydrogen (secondary N) is 12. The lowest BCUT2D eigenvalue weighted by atomic mass is 9.88. The van der Waals surface area contributed by atoms with Crippen LogP contribution in [0.25, 0.3) is 21.8 Å². The molecule has 3 aliphatic heterocycles. The lowest BCUT2D eigenvalue weighted by Gasteiger charge is -2.36. The van der Waals surface area contributed by atoms with Gasteiger partial charge in [0.15, 0.2) is 5.78 Å². The van der Waals surface area contributed by atoms with Crippen molar-refractivity contribution >= 4 is 140 Å². The number of halogens is 1. The number of H-pyrrole nitrogens is 3. The summed E-state index contributed by atoms with van der Waals surface area (Å²) in [5.41, 5.74) is 15.3. The van der Waals surface area contributed by atoms with Gasteiger partial charge in [0, 0.05) is 118 Å². The Kier molecular flexibility index (Phi) is 39.1. The molecule has 139 heavy (non-hydrogen) atoms. The van der Waals surface area contributed by atoms with Crippen molar-refractivity contribution in [1.82, 2.24) is 92.3 Å². The number of aromatic nitrogens is 4. The topological polar surface area (TPSA) is 605 Å². The number of carbonyl (C=O) groups is 18. The minimum Gasteiger partial charge on any atom is -0.508 e. The summed E-state index contributed by atoms with van der Waals surface area (Å²) in [5.74, 6) is -21.4. The van der Waals surface area contributed by atoms with Gasteiger partial charge in [-0.3, -0.25) is 86.3 Å². The van der Waals surface area contributed by atoms with E-state index in [0.717, 1.165) is 21.6 Å². The highest BCUT2D eigenvalue weighted by molar-refractivity contribution is 8.00. The van der Waals surface area contributed by atoms with Crippen molar-refractivity contribution < 1.29 is 106 Å². The highest BCUT2D eigenvalue weighted by Crippen LogP contribution is 2.33. The maximum Gasteiger partial charge on any atom is 0.305 e. The van der Waals surface area contributed by atoms with Gasteiger partial charge in [0.1, 0.15) is 84.1 Å². The number of ketones is 1. The number of carboxylic acid groups (broad SMARTS) is 2. The highest BCUT2D eigenvalue weighted by Gasteiger charge is 2.47. The normalized spacial score (nSPS) is 24.4. The minimum atomic E-state index is -1.94. The van der Waals surface area contributed by atoms with E-state index < -0.39 is 253 Å². The first-order valence-electron chi connectivity index (χ1n) is 46.6. The molecule has 15 atom stereocenters. The molecule has 3 aliphatic rings. The summed E-state index contributed by atoms with van der Waals surface area (Å²) in [5, 5.41) is 55.7. The van der Waals surface area contributed by atoms with Crippen LogP contribution in [0.3, 0.4) is 0 Å². The van der Waals surface area contributed by atoms with E-state index in [9.17, 15) is 67.7 Å². The number of carbonyl (C=O) groups excluding carboxylic acids is 16. The summed E-state index contributed by atoms with van der Waals surface area (Å²) < 4.78 is 14.6. The van der Waals surface area contributed by atoms with Gasteiger partial charge in [-0.05, 0) is 143 Å². The summed E-state index contributed by atoms with van der Waals surface area (Å²) >= 11 is 0.765. The van der Waals surface area contributed by atoms with E-state index in [2.05, 4.69) is 67.8 Å². The van der Waals surface area contributed by atoms with E-state index >= 15 is 38.4 Å². The fourth-order valence-electron chi connectivity index (χ4n) is 17.7. The SMILES string of the molecule is CCCC[C@H]1C(=O)N(C)[C@@H](CCCC)C(=O)N[C@@H](C)C(=O)N[C@H](C(=O)NCC(N)=O)CSCC(=O)N[C@@H](Cc2ccc(O)cc2)C(=O)N(C)[C@@H](C)C(=O)N[C@@H](CC(=O)O)C(=O)N2CCC[C@H]2C(=O)N[C@@H](Cc2c[nH]cn2)C(=O)N[C@@H](CCC(=O)O)C(=O)N2C[C@H](Cc3ccc(F)cc3)C[C@H]2C(=O)C[C@@H](Cc2c[nH]c3ccccc23)C(=O)N[C@@H](CCN)C(=O)N[C@@H](Cc2c[nH]c3ccccc23)C(=O)N1C. The quantitative estimate of drug-likeness (QED) is 0.0364. The number of carboxylic acids is 2. The van der Waals surface area contributed by atoms with Crippen molar-refractivity contribution in [2.45, 2.75) is 228 Å². The number of fused-ring (bicyclic) bond motifs is 4. The number of para-hydroxylation sites is 2. The van der Waals surface area contributed by atoms with Crippen molar-refractivity contribution in [3.05, 3.63) is 156 Å². The number of nitrogens with zero attached hydrogens (tertiary/aromatic N) is 6. The maximum absolute atomic E-state index is 15.9. The van der Waals surface area contributed by atoms with Crippen LogP contribution in [0, 0.1) is 17.7 Å². The number of primary amides is 1. The summed E-state index contributed by atoms with van der Waals surface area (Å²) in [4.78, 5) is 283. The fraction of sp³-hybridized carbons (Fsp3) is 0.490. The number of amides is 15. The third-order valence-corrected chi connectivity index (χ3v) is 26.5. The number of phenols is 1. The number of rotatable bonds is 26. The first-order chi connectivity index (χ1) is 66.3. The molecule has 4 aromatic carbocycles. The van der Waals surface area contributed by atoms with Gasteiger partial charge in [-0.15, -0.1) is 11.8 Å². The lowest BCUT2D eigenvalue weighted by molar-refractivity contribution is -0.149. The third-order valence-electron chi connectivity index (χ3n) is 25.5. The van der Waals surface area contributed by atoms with Crippen LogP contribution in [-0.4, -0.2) is 303 Å². The molecule has 0 unspecified atom stereocenters.